The van der Waals surface area contributed by atoms with Crippen LogP contribution in [0.2, 0.25) is 0 Å². The summed E-state index contributed by atoms with van der Waals surface area (Å²) in [6, 6.07) is 14.0. The number of rotatable bonds is 6. The minimum atomic E-state index is -0.223. The molecule has 33 heavy (non-hydrogen) atoms. The van der Waals surface area contributed by atoms with Crippen molar-refractivity contribution in [3.05, 3.63) is 71.7 Å². The SMILES string of the molecule is Cc1cc(C(=O)Nc2cccc(Oc3ccc4nc(NC(=O)C5CC5)cn4n3)c2)cc(C)n1. The molecule has 1 aliphatic rings. The third-order valence-corrected chi connectivity index (χ3v) is 5.15. The van der Waals surface area contributed by atoms with Crippen LogP contribution in [0.4, 0.5) is 11.5 Å². The molecule has 0 saturated heterocycles. The van der Waals surface area contributed by atoms with Crippen LogP contribution in [0.1, 0.15) is 34.6 Å². The van der Waals surface area contributed by atoms with E-state index in [1.54, 1.807) is 59.2 Å². The number of carbonyl (C=O) groups is 2. The molecule has 1 aromatic carbocycles. The second kappa shape index (κ2) is 8.34. The molecular weight excluding hydrogens is 420 g/mol. The summed E-state index contributed by atoms with van der Waals surface area (Å²) in [5.74, 6) is 1.20. The van der Waals surface area contributed by atoms with Crippen LogP contribution in [0.25, 0.3) is 5.65 Å². The van der Waals surface area contributed by atoms with Gasteiger partial charge in [-0.2, -0.15) is 0 Å². The van der Waals surface area contributed by atoms with Gasteiger partial charge in [0, 0.05) is 40.7 Å². The quantitative estimate of drug-likeness (QED) is 0.464. The minimum absolute atomic E-state index is 0.00849. The van der Waals surface area contributed by atoms with Crippen LogP contribution in [0.3, 0.4) is 0 Å². The number of hydrogen-bond donors (Lipinski definition) is 2. The summed E-state index contributed by atoms with van der Waals surface area (Å²) in [6.45, 7) is 3.71. The van der Waals surface area contributed by atoms with Crippen LogP contribution < -0.4 is 15.4 Å². The van der Waals surface area contributed by atoms with E-state index in [4.69, 9.17) is 4.74 Å². The molecule has 0 radical (unpaired) electrons. The first-order valence-electron chi connectivity index (χ1n) is 10.6. The second-order valence-electron chi connectivity index (χ2n) is 8.09. The first kappa shape index (κ1) is 20.6. The molecule has 1 aliphatic carbocycles. The molecule has 166 valence electrons. The normalized spacial score (nSPS) is 13.0. The van der Waals surface area contributed by atoms with Gasteiger partial charge in [-0.15, -0.1) is 5.10 Å². The second-order valence-corrected chi connectivity index (χ2v) is 8.09. The number of carbonyl (C=O) groups excluding carboxylic acids is 2. The maximum absolute atomic E-state index is 12.6. The summed E-state index contributed by atoms with van der Waals surface area (Å²) in [5.41, 5.74) is 3.31. The molecule has 0 spiro atoms. The molecule has 3 aromatic heterocycles. The van der Waals surface area contributed by atoms with Crippen molar-refractivity contribution in [3.8, 4) is 11.6 Å². The summed E-state index contributed by atoms with van der Waals surface area (Å²) in [7, 11) is 0. The van der Waals surface area contributed by atoms with Crippen LogP contribution in [-0.4, -0.2) is 31.4 Å². The topological polar surface area (TPSA) is 111 Å². The number of imidazole rings is 1. The molecule has 5 rings (SSSR count). The number of anilines is 2. The molecule has 0 atom stereocenters. The molecule has 9 nitrogen and oxygen atoms in total. The highest BCUT2D eigenvalue weighted by Crippen LogP contribution is 2.30. The third kappa shape index (κ3) is 4.82. The maximum atomic E-state index is 12.6. The molecule has 0 unspecified atom stereocenters. The first-order valence-corrected chi connectivity index (χ1v) is 10.6. The highest BCUT2D eigenvalue weighted by atomic mass is 16.5. The van der Waals surface area contributed by atoms with Crippen molar-refractivity contribution in [2.45, 2.75) is 26.7 Å². The summed E-state index contributed by atoms with van der Waals surface area (Å²) >= 11 is 0. The van der Waals surface area contributed by atoms with Gasteiger partial charge in [-0.3, -0.25) is 14.6 Å². The highest BCUT2D eigenvalue weighted by molar-refractivity contribution is 6.04. The summed E-state index contributed by atoms with van der Waals surface area (Å²) in [5, 5.41) is 10.1. The fraction of sp³-hybridized carbons (Fsp3) is 0.208. The summed E-state index contributed by atoms with van der Waals surface area (Å²) in [6.07, 6.45) is 3.51. The Kier molecular flexibility index (Phi) is 5.21. The molecule has 2 N–H and O–H groups in total. The van der Waals surface area contributed by atoms with Gasteiger partial charge in [-0.25, -0.2) is 9.50 Å². The first-order chi connectivity index (χ1) is 15.9. The molecule has 1 fully saturated rings. The molecular formula is C24H22N6O3. The number of fused-ring (bicyclic) bond motifs is 1. The van der Waals surface area contributed by atoms with Crippen molar-refractivity contribution < 1.29 is 14.3 Å². The lowest BCUT2D eigenvalue weighted by atomic mass is 10.2. The Morgan fingerprint density at radius 3 is 2.55 bits per heavy atom. The molecule has 0 bridgehead atoms. The standard InChI is InChI=1S/C24H22N6O3/c1-14-10-17(11-15(2)25-14)24(32)26-18-4-3-5-19(12-18)33-22-9-8-21-27-20(13-30(21)29-22)28-23(31)16-6-7-16/h3-5,8-13,16H,6-7H2,1-2H3,(H,26,32)(H,28,31). The molecule has 1 saturated carbocycles. The number of amides is 2. The fourth-order valence-electron chi connectivity index (χ4n) is 3.48. The van der Waals surface area contributed by atoms with Gasteiger partial charge >= 0.3 is 0 Å². The lowest BCUT2D eigenvalue weighted by Gasteiger charge is -2.09. The molecule has 4 aromatic rings. The zero-order valence-corrected chi connectivity index (χ0v) is 18.2. The van der Waals surface area contributed by atoms with E-state index in [1.165, 1.54) is 0 Å². The van der Waals surface area contributed by atoms with Crippen molar-refractivity contribution in [1.29, 1.82) is 0 Å². The van der Waals surface area contributed by atoms with E-state index in [-0.39, 0.29) is 17.7 Å². The zero-order chi connectivity index (χ0) is 22.9. The summed E-state index contributed by atoms with van der Waals surface area (Å²) < 4.78 is 7.44. The van der Waals surface area contributed by atoms with E-state index in [0.717, 1.165) is 24.2 Å². The zero-order valence-electron chi connectivity index (χ0n) is 18.2. The van der Waals surface area contributed by atoms with Gasteiger partial charge in [0.2, 0.25) is 11.8 Å². The average Bonchev–Trinajstić information content (AvgIpc) is 3.54. The smallest absolute Gasteiger partial charge is 0.255 e. The van der Waals surface area contributed by atoms with Gasteiger partial charge in [0.1, 0.15) is 5.75 Å². The average molecular weight is 442 g/mol. The fourth-order valence-corrected chi connectivity index (χ4v) is 3.48. The summed E-state index contributed by atoms with van der Waals surface area (Å²) in [4.78, 5) is 33.2. The number of benzene rings is 1. The van der Waals surface area contributed by atoms with Crippen molar-refractivity contribution in [1.82, 2.24) is 19.6 Å². The van der Waals surface area contributed by atoms with Crippen molar-refractivity contribution in [2.24, 2.45) is 5.92 Å². The number of nitrogens with one attached hydrogen (secondary N) is 2. The predicted molar refractivity (Wildman–Crippen MR) is 123 cm³/mol. The van der Waals surface area contributed by atoms with Crippen molar-refractivity contribution >= 4 is 29.0 Å². The Hall–Kier alpha value is -4.27. The Balaban J connectivity index is 1.29. The molecule has 3 heterocycles. The van der Waals surface area contributed by atoms with Crippen LogP contribution >= 0.6 is 0 Å². The Morgan fingerprint density at radius 2 is 1.79 bits per heavy atom. The van der Waals surface area contributed by atoms with Gasteiger partial charge in [-0.05, 0) is 57.0 Å². The van der Waals surface area contributed by atoms with Crippen LogP contribution in [0.5, 0.6) is 11.6 Å². The number of aromatic nitrogens is 4. The number of pyridine rings is 1. The van der Waals surface area contributed by atoms with E-state index in [2.05, 4.69) is 25.7 Å². The molecule has 2 amide bonds. The van der Waals surface area contributed by atoms with E-state index in [0.29, 0.717) is 34.3 Å². The van der Waals surface area contributed by atoms with Crippen molar-refractivity contribution in [2.75, 3.05) is 10.6 Å². The molecule has 0 aliphatic heterocycles. The van der Waals surface area contributed by atoms with E-state index < -0.39 is 0 Å². The van der Waals surface area contributed by atoms with Crippen LogP contribution in [0.15, 0.2) is 54.7 Å². The van der Waals surface area contributed by atoms with Gasteiger partial charge in [0.05, 0.1) is 6.20 Å². The van der Waals surface area contributed by atoms with Gasteiger partial charge in [0.15, 0.2) is 11.5 Å². The van der Waals surface area contributed by atoms with Crippen molar-refractivity contribution in [3.63, 3.8) is 0 Å². The monoisotopic (exact) mass is 442 g/mol. The lowest BCUT2D eigenvalue weighted by Crippen LogP contribution is -2.13. The van der Waals surface area contributed by atoms with E-state index in [9.17, 15) is 9.59 Å². The molecule has 9 heteroatoms. The number of nitrogens with zero attached hydrogens (tertiary/aromatic N) is 4. The maximum Gasteiger partial charge on any atom is 0.255 e. The Bertz CT molecular complexity index is 1360. The predicted octanol–water partition coefficient (Wildman–Crippen LogP) is 4.13. The van der Waals surface area contributed by atoms with E-state index >= 15 is 0 Å². The number of aryl methyl sites for hydroxylation is 2. The Labute approximate surface area is 189 Å². The van der Waals surface area contributed by atoms with Crippen LogP contribution in [0, 0.1) is 19.8 Å². The third-order valence-electron chi connectivity index (χ3n) is 5.15. The minimum Gasteiger partial charge on any atom is -0.438 e. The number of ether oxygens (including phenoxy) is 1. The van der Waals surface area contributed by atoms with Gasteiger partial charge in [0.25, 0.3) is 5.91 Å². The largest absolute Gasteiger partial charge is 0.438 e. The van der Waals surface area contributed by atoms with Gasteiger partial charge in [-0.1, -0.05) is 6.07 Å². The van der Waals surface area contributed by atoms with Gasteiger partial charge < -0.3 is 15.4 Å². The van der Waals surface area contributed by atoms with Crippen LogP contribution in [-0.2, 0) is 4.79 Å². The van der Waals surface area contributed by atoms with E-state index in [1.807, 2.05) is 13.8 Å². The number of hydrogen-bond acceptors (Lipinski definition) is 6. The highest BCUT2D eigenvalue weighted by Gasteiger charge is 2.30. The Morgan fingerprint density at radius 1 is 1.00 bits per heavy atom. The lowest BCUT2D eigenvalue weighted by molar-refractivity contribution is -0.117.